The standard InChI is InChI=1S/C59H46BN3S2/c1-35-29-45-46(59(4,5)28-27-58(45,2)3)33-48(35)62-49-32-43-39-21-12-14-25-51(39)64-53(43)34-47(49)60-55-44(30-38(31-50(55)62)61(36-17-8-6-9-18-36)37-19-10-7-11-20-37)40-23-16-24-42-54-41-22-13-15-26-52(41)65-57(54)63(60)56(40)42/h6-26,29-34H,27-28H2,1-5H3. The number of hydrogen-bond donors (Lipinski definition) is 0. The molecule has 8 aromatic carbocycles. The second-order valence-electron chi connectivity index (χ2n) is 20.0. The number of benzene rings is 8. The Labute approximate surface area is 387 Å². The molecule has 3 aliphatic rings. The molecule has 14 rings (SSSR count). The van der Waals surface area contributed by atoms with Crippen LogP contribution in [-0.4, -0.2) is 11.3 Å². The summed E-state index contributed by atoms with van der Waals surface area (Å²) < 4.78 is 6.76. The van der Waals surface area contributed by atoms with Crippen LogP contribution >= 0.6 is 22.7 Å². The fraction of sp³-hybridized carbons (Fsp3) is 0.153. The van der Waals surface area contributed by atoms with Crippen molar-refractivity contribution in [3.8, 4) is 11.1 Å². The Morgan fingerprint density at radius 3 is 1.86 bits per heavy atom. The maximum absolute atomic E-state index is 2.75. The number of nitrogens with zero attached hydrogens (tertiary/aromatic N) is 3. The number of aryl methyl sites for hydroxylation is 1. The van der Waals surface area contributed by atoms with Gasteiger partial charge in [0.15, 0.2) is 0 Å². The second kappa shape index (κ2) is 13.2. The summed E-state index contributed by atoms with van der Waals surface area (Å²) in [6.45, 7) is 12.1. The highest BCUT2D eigenvalue weighted by atomic mass is 32.1. The van der Waals surface area contributed by atoms with Crippen LogP contribution < -0.4 is 20.7 Å². The van der Waals surface area contributed by atoms with Gasteiger partial charge in [0, 0.05) is 86.2 Å². The highest BCUT2D eigenvalue weighted by molar-refractivity contribution is 7.26. The summed E-state index contributed by atoms with van der Waals surface area (Å²) in [7, 11) is 0. The van der Waals surface area contributed by atoms with Crippen LogP contribution in [0.3, 0.4) is 0 Å². The van der Waals surface area contributed by atoms with Crippen LogP contribution in [0.25, 0.3) is 62.5 Å². The van der Waals surface area contributed by atoms with Crippen LogP contribution in [0.4, 0.5) is 34.1 Å². The molecule has 0 radical (unpaired) electrons. The van der Waals surface area contributed by atoms with E-state index >= 15 is 0 Å². The van der Waals surface area contributed by atoms with Crippen molar-refractivity contribution in [2.24, 2.45) is 0 Å². The van der Waals surface area contributed by atoms with E-state index in [1.807, 2.05) is 22.7 Å². The molecule has 312 valence electrons. The molecule has 11 aromatic rings. The van der Waals surface area contributed by atoms with Gasteiger partial charge in [-0.1, -0.05) is 125 Å². The van der Waals surface area contributed by atoms with Crippen molar-refractivity contribution in [3.63, 3.8) is 0 Å². The van der Waals surface area contributed by atoms with E-state index in [2.05, 4.69) is 213 Å². The molecule has 6 heteroatoms. The molecule has 0 saturated carbocycles. The summed E-state index contributed by atoms with van der Waals surface area (Å²) in [5, 5.41) is 6.69. The topological polar surface area (TPSA) is 11.4 Å². The first-order valence-electron chi connectivity index (χ1n) is 23.1. The maximum atomic E-state index is 2.75. The van der Waals surface area contributed by atoms with Gasteiger partial charge in [0.25, 0.3) is 0 Å². The van der Waals surface area contributed by atoms with Gasteiger partial charge >= 0.3 is 6.85 Å². The fourth-order valence-electron chi connectivity index (χ4n) is 12.0. The lowest BCUT2D eigenvalue weighted by molar-refractivity contribution is 0.332. The third-order valence-corrected chi connectivity index (χ3v) is 17.6. The molecule has 0 spiro atoms. The number of aromatic nitrogens is 1. The van der Waals surface area contributed by atoms with Crippen molar-refractivity contribution < 1.29 is 0 Å². The van der Waals surface area contributed by atoms with Gasteiger partial charge in [-0.05, 0) is 131 Å². The van der Waals surface area contributed by atoms with Gasteiger partial charge < -0.3 is 14.3 Å². The van der Waals surface area contributed by atoms with E-state index in [0.717, 1.165) is 23.5 Å². The van der Waals surface area contributed by atoms with Crippen LogP contribution in [0.2, 0.25) is 0 Å². The Kier molecular flexibility index (Phi) is 7.69. The quantitative estimate of drug-likeness (QED) is 0.163. The first-order valence-corrected chi connectivity index (χ1v) is 24.7. The average Bonchev–Trinajstić information content (AvgIpc) is 3.99. The van der Waals surface area contributed by atoms with Crippen LogP contribution in [0, 0.1) is 6.92 Å². The zero-order chi connectivity index (χ0) is 43.5. The first kappa shape index (κ1) is 37.7. The Balaban J connectivity index is 1.17. The van der Waals surface area contributed by atoms with Gasteiger partial charge in [-0.3, -0.25) is 0 Å². The van der Waals surface area contributed by atoms with Crippen LogP contribution in [0.15, 0.2) is 164 Å². The monoisotopic (exact) mass is 871 g/mol. The Morgan fingerprint density at radius 1 is 0.508 bits per heavy atom. The average molecular weight is 872 g/mol. The van der Waals surface area contributed by atoms with Crippen LogP contribution in [0.5, 0.6) is 0 Å². The zero-order valence-corrected chi connectivity index (χ0v) is 38.9. The molecule has 1 aliphatic carbocycles. The Bertz CT molecular complexity index is 3780. The van der Waals surface area contributed by atoms with Gasteiger partial charge in [0.1, 0.15) is 0 Å². The SMILES string of the molecule is Cc1cc2c(cc1N1c3cc4c(cc3B3c5c(cc(N(c6ccccc6)c6ccccc6)cc51)-c1cccc5c6c7ccccc7sc6n3c15)sc1ccccc14)C(C)(C)CCC2(C)C. The van der Waals surface area contributed by atoms with Crippen molar-refractivity contribution in [2.75, 3.05) is 9.80 Å². The molecule has 5 heterocycles. The summed E-state index contributed by atoms with van der Waals surface area (Å²) in [5.41, 5.74) is 18.3. The van der Waals surface area contributed by atoms with Gasteiger partial charge in [0.05, 0.1) is 4.83 Å². The summed E-state index contributed by atoms with van der Waals surface area (Å²) >= 11 is 3.87. The van der Waals surface area contributed by atoms with Gasteiger partial charge in [0.2, 0.25) is 0 Å². The predicted octanol–water partition coefficient (Wildman–Crippen LogP) is 15.9. The highest BCUT2D eigenvalue weighted by Gasteiger charge is 2.45. The molecule has 65 heavy (non-hydrogen) atoms. The van der Waals surface area contributed by atoms with Crippen molar-refractivity contribution in [1.82, 2.24) is 4.48 Å². The van der Waals surface area contributed by atoms with Gasteiger partial charge in [-0.15, -0.1) is 22.7 Å². The molecule has 3 nitrogen and oxygen atoms in total. The molecule has 0 atom stereocenters. The van der Waals surface area contributed by atoms with Crippen LogP contribution in [-0.2, 0) is 10.8 Å². The minimum Gasteiger partial charge on any atom is -0.367 e. The first-order chi connectivity index (χ1) is 31.6. The third-order valence-electron chi connectivity index (χ3n) is 15.3. The molecule has 0 unspecified atom stereocenters. The molecular formula is C59H46BN3S2. The van der Waals surface area contributed by atoms with Gasteiger partial charge in [-0.2, -0.15) is 0 Å². The molecular weight excluding hydrogens is 826 g/mol. The number of rotatable bonds is 4. The number of fused-ring (bicyclic) bond motifs is 13. The van der Waals surface area contributed by atoms with Crippen molar-refractivity contribution >= 4 is 126 Å². The molecule has 0 bridgehead atoms. The lowest BCUT2D eigenvalue weighted by atomic mass is 9.45. The molecule has 2 aliphatic heterocycles. The molecule has 3 aromatic heterocycles. The smallest absolute Gasteiger partial charge is 0.333 e. The van der Waals surface area contributed by atoms with E-state index in [1.165, 1.54) is 114 Å². The van der Waals surface area contributed by atoms with E-state index in [0.29, 0.717) is 0 Å². The maximum Gasteiger partial charge on any atom is 0.333 e. The number of thiophene rings is 2. The predicted molar refractivity (Wildman–Crippen MR) is 283 cm³/mol. The summed E-state index contributed by atoms with van der Waals surface area (Å²) in [4.78, 5) is 6.50. The zero-order valence-electron chi connectivity index (χ0n) is 37.2. The fourth-order valence-corrected chi connectivity index (χ4v) is 14.4. The van der Waals surface area contributed by atoms with E-state index in [4.69, 9.17) is 0 Å². The summed E-state index contributed by atoms with van der Waals surface area (Å²) in [6.07, 6.45) is 2.35. The van der Waals surface area contributed by atoms with Crippen molar-refractivity contribution in [2.45, 2.75) is 58.3 Å². The Morgan fingerprint density at radius 2 is 1.14 bits per heavy atom. The normalized spacial score (nSPS) is 15.5. The largest absolute Gasteiger partial charge is 0.367 e. The number of hydrogen-bond acceptors (Lipinski definition) is 4. The van der Waals surface area contributed by atoms with Gasteiger partial charge in [-0.25, -0.2) is 0 Å². The van der Waals surface area contributed by atoms with E-state index in [1.54, 1.807) is 0 Å². The molecule has 0 saturated heterocycles. The molecule has 0 N–H and O–H groups in total. The summed E-state index contributed by atoms with van der Waals surface area (Å²) in [6, 6.07) is 62.3. The Hall–Kier alpha value is -6.60. The lowest BCUT2D eigenvalue weighted by Crippen LogP contribution is -2.56. The van der Waals surface area contributed by atoms with E-state index < -0.39 is 0 Å². The molecule has 0 amide bonds. The highest BCUT2D eigenvalue weighted by Crippen LogP contribution is 2.54. The molecule has 0 fully saturated rings. The second-order valence-corrected chi connectivity index (χ2v) is 22.1. The lowest BCUT2D eigenvalue weighted by Gasteiger charge is -2.45. The third kappa shape index (κ3) is 5.18. The van der Waals surface area contributed by atoms with Crippen molar-refractivity contribution in [3.05, 3.63) is 180 Å². The number of para-hydroxylation sites is 3. The van der Waals surface area contributed by atoms with E-state index in [-0.39, 0.29) is 17.7 Å². The van der Waals surface area contributed by atoms with Crippen molar-refractivity contribution in [1.29, 1.82) is 0 Å². The summed E-state index contributed by atoms with van der Waals surface area (Å²) in [5.74, 6) is 0. The number of anilines is 6. The van der Waals surface area contributed by atoms with Crippen LogP contribution in [0.1, 0.15) is 57.2 Å². The minimum absolute atomic E-state index is 0.0448. The van der Waals surface area contributed by atoms with E-state index in [9.17, 15) is 0 Å². The minimum atomic E-state index is -0.0481.